The minimum Gasteiger partial charge on any atom is -0.0996 e. The molecule has 4 unspecified atom stereocenters. The zero-order chi connectivity index (χ0) is 11.3. The lowest BCUT2D eigenvalue weighted by molar-refractivity contribution is 0.344. The van der Waals surface area contributed by atoms with Crippen LogP contribution in [0.2, 0.25) is 0 Å². The molecule has 4 fully saturated rings. The van der Waals surface area contributed by atoms with Gasteiger partial charge in [0.1, 0.15) is 0 Å². The van der Waals surface area contributed by atoms with Crippen LogP contribution in [0.1, 0.15) is 58.8 Å². The van der Waals surface area contributed by atoms with Crippen molar-refractivity contribution in [1.29, 1.82) is 0 Å². The van der Waals surface area contributed by atoms with Crippen LogP contribution in [0.5, 0.6) is 0 Å². The standard InChI is InChI=1S/C10H16.C6H10/c1-7(2)10-5-4-8(3)9(10)6-10;1-2-5-4-6(5)3-1/h7,9H,3-6H2,1-2H3;5-6H,1-4H2. The van der Waals surface area contributed by atoms with E-state index in [1.807, 2.05) is 0 Å². The third kappa shape index (κ3) is 1.65. The molecule has 0 aromatic carbocycles. The summed E-state index contributed by atoms with van der Waals surface area (Å²) in [7, 11) is 0. The molecule has 0 amide bonds. The largest absolute Gasteiger partial charge is 0.0996 e. The van der Waals surface area contributed by atoms with Crippen LogP contribution in [0.15, 0.2) is 12.2 Å². The van der Waals surface area contributed by atoms with Gasteiger partial charge in [-0.2, -0.15) is 0 Å². The van der Waals surface area contributed by atoms with E-state index in [0.717, 1.165) is 17.3 Å². The van der Waals surface area contributed by atoms with Crippen molar-refractivity contribution < 1.29 is 0 Å². The predicted octanol–water partition coefficient (Wildman–Crippen LogP) is 4.81. The van der Waals surface area contributed by atoms with E-state index in [1.54, 1.807) is 19.3 Å². The van der Waals surface area contributed by atoms with Crippen LogP contribution < -0.4 is 0 Å². The Bertz CT molecular complexity index is 293. The minimum atomic E-state index is 0.733. The molecular weight excluding hydrogens is 192 g/mol. The lowest BCUT2D eigenvalue weighted by Crippen LogP contribution is -2.07. The van der Waals surface area contributed by atoms with Gasteiger partial charge in [0.25, 0.3) is 0 Å². The van der Waals surface area contributed by atoms with E-state index < -0.39 is 0 Å². The Morgan fingerprint density at radius 2 is 1.94 bits per heavy atom. The number of hydrogen-bond acceptors (Lipinski definition) is 0. The average Bonchev–Trinajstić information content (AvgIpc) is 3.12. The first-order chi connectivity index (χ1) is 7.63. The van der Waals surface area contributed by atoms with Gasteiger partial charge in [-0.1, -0.05) is 45.3 Å². The van der Waals surface area contributed by atoms with Gasteiger partial charge in [-0.3, -0.25) is 0 Å². The van der Waals surface area contributed by atoms with Crippen LogP contribution in [-0.2, 0) is 0 Å². The Morgan fingerprint density at radius 3 is 2.12 bits per heavy atom. The first-order valence-corrected chi connectivity index (χ1v) is 7.31. The first-order valence-electron chi connectivity index (χ1n) is 7.31. The predicted molar refractivity (Wildman–Crippen MR) is 69.2 cm³/mol. The number of hydrogen-bond donors (Lipinski definition) is 0. The van der Waals surface area contributed by atoms with Crippen molar-refractivity contribution in [3.05, 3.63) is 12.2 Å². The second-order valence-electron chi connectivity index (χ2n) is 6.99. The second-order valence-corrected chi connectivity index (χ2v) is 6.99. The molecule has 90 valence electrons. The summed E-state index contributed by atoms with van der Waals surface area (Å²) in [5.74, 6) is 4.24. The Labute approximate surface area is 101 Å². The summed E-state index contributed by atoms with van der Waals surface area (Å²) >= 11 is 0. The third-order valence-electron chi connectivity index (χ3n) is 5.89. The molecule has 0 radical (unpaired) electrons. The second kappa shape index (κ2) is 3.62. The molecule has 0 aromatic rings. The van der Waals surface area contributed by atoms with Gasteiger partial charge in [0.15, 0.2) is 0 Å². The first kappa shape index (κ1) is 10.9. The Morgan fingerprint density at radius 1 is 1.25 bits per heavy atom. The van der Waals surface area contributed by atoms with E-state index in [1.165, 1.54) is 43.1 Å². The van der Waals surface area contributed by atoms with Gasteiger partial charge in [-0.15, -0.1) is 0 Å². The number of rotatable bonds is 1. The SMILES string of the molecule is C1CC2CC2C1.C=C1CCC2(C(C)C)CC12. The molecule has 16 heavy (non-hydrogen) atoms. The molecule has 0 aromatic heterocycles. The lowest BCUT2D eigenvalue weighted by atomic mass is 9.90. The van der Waals surface area contributed by atoms with Crippen LogP contribution >= 0.6 is 0 Å². The van der Waals surface area contributed by atoms with E-state index in [-0.39, 0.29) is 0 Å². The fraction of sp³-hybridized carbons (Fsp3) is 0.875. The smallest absolute Gasteiger partial charge is 0.0141 e. The number of fused-ring (bicyclic) bond motifs is 2. The van der Waals surface area contributed by atoms with Gasteiger partial charge in [-0.05, 0) is 54.8 Å². The molecule has 4 aliphatic carbocycles. The lowest BCUT2D eigenvalue weighted by Gasteiger charge is -2.15. The summed E-state index contributed by atoms with van der Waals surface area (Å²) in [5, 5.41) is 0. The van der Waals surface area contributed by atoms with Crippen LogP contribution in [-0.4, -0.2) is 0 Å². The highest BCUT2D eigenvalue weighted by Crippen LogP contribution is 2.69. The summed E-state index contributed by atoms with van der Waals surface area (Å²) in [6.45, 7) is 8.82. The molecule has 0 saturated heterocycles. The van der Waals surface area contributed by atoms with Crippen LogP contribution in [0.4, 0.5) is 0 Å². The summed E-state index contributed by atoms with van der Waals surface area (Å²) < 4.78 is 0. The zero-order valence-electron chi connectivity index (χ0n) is 11.0. The van der Waals surface area contributed by atoms with Crippen molar-refractivity contribution in [3.63, 3.8) is 0 Å². The van der Waals surface area contributed by atoms with Crippen molar-refractivity contribution >= 4 is 0 Å². The van der Waals surface area contributed by atoms with Crippen molar-refractivity contribution in [3.8, 4) is 0 Å². The Balaban J connectivity index is 0.000000114. The van der Waals surface area contributed by atoms with E-state index >= 15 is 0 Å². The van der Waals surface area contributed by atoms with Gasteiger partial charge < -0.3 is 0 Å². The van der Waals surface area contributed by atoms with Crippen molar-refractivity contribution in [2.75, 3.05) is 0 Å². The summed E-state index contributed by atoms with van der Waals surface area (Å²) in [5.41, 5.74) is 2.27. The maximum Gasteiger partial charge on any atom is -0.0141 e. The molecule has 0 N–H and O–H groups in total. The van der Waals surface area contributed by atoms with E-state index in [4.69, 9.17) is 0 Å². The Kier molecular flexibility index (Phi) is 2.46. The van der Waals surface area contributed by atoms with Gasteiger partial charge in [0, 0.05) is 0 Å². The van der Waals surface area contributed by atoms with Crippen molar-refractivity contribution in [1.82, 2.24) is 0 Å². The molecule has 0 heterocycles. The van der Waals surface area contributed by atoms with Crippen molar-refractivity contribution in [2.24, 2.45) is 29.1 Å². The maximum atomic E-state index is 4.10. The van der Waals surface area contributed by atoms with Gasteiger partial charge >= 0.3 is 0 Å². The van der Waals surface area contributed by atoms with Crippen LogP contribution in [0, 0.1) is 29.1 Å². The molecule has 0 aliphatic heterocycles. The molecule has 4 atom stereocenters. The fourth-order valence-electron chi connectivity index (χ4n) is 4.30. The molecule has 0 heteroatoms. The highest BCUT2D eigenvalue weighted by atomic mass is 14.6. The molecular formula is C16H26. The average molecular weight is 218 g/mol. The van der Waals surface area contributed by atoms with Gasteiger partial charge in [-0.25, -0.2) is 0 Å². The van der Waals surface area contributed by atoms with Crippen molar-refractivity contribution in [2.45, 2.75) is 58.8 Å². The molecule has 0 spiro atoms. The topological polar surface area (TPSA) is 0 Å². The summed E-state index contributed by atoms with van der Waals surface area (Å²) in [6, 6.07) is 0. The molecule has 4 saturated carbocycles. The fourth-order valence-corrected chi connectivity index (χ4v) is 4.30. The third-order valence-corrected chi connectivity index (χ3v) is 5.89. The van der Waals surface area contributed by atoms with Crippen LogP contribution in [0.3, 0.4) is 0 Å². The van der Waals surface area contributed by atoms with E-state index in [2.05, 4.69) is 20.4 Å². The normalized spacial score (nSPS) is 47.2. The van der Waals surface area contributed by atoms with E-state index in [0.29, 0.717) is 0 Å². The van der Waals surface area contributed by atoms with Crippen LogP contribution in [0.25, 0.3) is 0 Å². The molecule has 4 rings (SSSR count). The van der Waals surface area contributed by atoms with Gasteiger partial charge in [0.2, 0.25) is 0 Å². The molecule has 0 nitrogen and oxygen atoms in total. The highest BCUT2D eigenvalue weighted by Gasteiger charge is 2.59. The number of allylic oxidation sites excluding steroid dienone is 1. The summed E-state index contributed by atoms with van der Waals surface area (Å²) in [6.07, 6.45) is 10.4. The highest BCUT2D eigenvalue weighted by molar-refractivity contribution is 5.26. The maximum absolute atomic E-state index is 4.10. The van der Waals surface area contributed by atoms with Gasteiger partial charge in [0.05, 0.1) is 0 Å². The quantitative estimate of drug-likeness (QED) is 0.554. The monoisotopic (exact) mass is 218 g/mol. The molecule has 0 bridgehead atoms. The Hall–Kier alpha value is -0.260. The van der Waals surface area contributed by atoms with E-state index in [9.17, 15) is 0 Å². The minimum absolute atomic E-state index is 0.733. The zero-order valence-corrected chi connectivity index (χ0v) is 11.0. The molecule has 4 aliphatic rings. The summed E-state index contributed by atoms with van der Waals surface area (Å²) in [4.78, 5) is 0.